The van der Waals surface area contributed by atoms with Gasteiger partial charge in [0.25, 0.3) is 0 Å². The van der Waals surface area contributed by atoms with Crippen LogP contribution in [0.25, 0.3) is 0 Å². The van der Waals surface area contributed by atoms with Gasteiger partial charge < -0.3 is 15.0 Å². The summed E-state index contributed by atoms with van der Waals surface area (Å²) in [5.41, 5.74) is 3.20. The zero-order valence-corrected chi connectivity index (χ0v) is 15.5. The average molecular weight is 356 g/mol. The Bertz CT molecular complexity index is 712. The van der Waals surface area contributed by atoms with Gasteiger partial charge in [0, 0.05) is 29.4 Å². The first-order valence-corrected chi connectivity index (χ1v) is 9.47. The summed E-state index contributed by atoms with van der Waals surface area (Å²) in [7, 11) is 0. The van der Waals surface area contributed by atoms with E-state index in [9.17, 15) is 4.79 Å². The van der Waals surface area contributed by atoms with Crippen molar-refractivity contribution in [3.63, 3.8) is 0 Å². The minimum absolute atomic E-state index is 0.0207. The lowest BCUT2D eigenvalue weighted by atomic mass is 10.2. The minimum atomic E-state index is -0.153. The largest absolute Gasteiger partial charge is 0.378 e. The maximum Gasteiger partial charge on any atom is 0.237 e. The number of aryl methyl sites for hydroxylation is 1. The number of carbonyl (C=O) groups excluding carboxylic acids is 1. The summed E-state index contributed by atoms with van der Waals surface area (Å²) in [6.45, 7) is 7.37. The van der Waals surface area contributed by atoms with Crippen LogP contribution in [-0.2, 0) is 9.53 Å². The van der Waals surface area contributed by atoms with Crippen molar-refractivity contribution in [2.75, 3.05) is 36.5 Å². The Kier molecular flexibility index (Phi) is 6.00. The van der Waals surface area contributed by atoms with Crippen LogP contribution < -0.4 is 10.2 Å². The lowest BCUT2D eigenvalue weighted by Gasteiger charge is -2.28. The molecule has 0 spiro atoms. The Morgan fingerprint density at radius 2 is 1.80 bits per heavy atom. The molecule has 2 aromatic carbocycles. The molecule has 1 aliphatic rings. The number of hydrogen-bond donors (Lipinski definition) is 1. The Labute approximate surface area is 153 Å². The second-order valence-corrected chi connectivity index (χ2v) is 7.54. The van der Waals surface area contributed by atoms with E-state index in [1.165, 1.54) is 11.3 Å². The zero-order valence-electron chi connectivity index (χ0n) is 14.7. The molecule has 1 fully saturated rings. The molecule has 5 heteroatoms. The molecule has 1 unspecified atom stereocenters. The fourth-order valence-electron chi connectivity index (χ4n) is 2.75. The number of nitrogens with zero attached hydrogens (tertiary/aromatic N) is 1. The fraction of sp³-hybridized carbons (Fsp3) is 0.350. The smallest absolute Gasteiger partial charge is 0.237 e. The molecule has 1 aliphatic heterocycles. The summed E-state index contributed by atoms with van der Waals surface area (Å²) in [5.74, 6) is 0.0207. The van der Waals surface area contributed by atoms with Crippen LogP contribution in [0.5, 0.6) is 0 Å². The summed E-state index contributed by atoms with van der Waals surface area (Å²) in [6.07, 6.45) is 0. The number of rotatable bonds is 5. The van der Waals surface area contributed by atoms with Gasteiger partial charge in [-0.1, -0.05) is 18.2 Å². The van der Waals surface area contributed by atoms with Crippen molar-refractivity contribution in [1.29, 1.82) is 0 Å². The molecule has 25 heavy (non-hydrogen) atoms. The van der Waals surface area contributed by atoms with E-state index in [0.717, 1.165) is 36.9 Å². The highest BCUT2D eigenvalue weighted by Crippen LogP contribution is 2.27. The number of anilines is 2. The number of amides is 1. The number of hydrogen-bond acceptors (Lipinski definition) is 4. The van der Waals surface area contributed by atoms with Gasteiger partial charge in [-0.25, -0.2) is 0 Å². The zero-order chi connectivity index (χ0) is 17.6. The molecule has 0 aromatic heterocycles. The predicted molar refractivity (Wildman–Crippen MR) is 105 cm³/mol. The third kappa shape index (κ3) is 4.77. The van der Waals surface area contributed by atoms with Crippen molar-refractivity contribution in [1.82, 2.24) is 0 Å². The van der Waals surface area contributed by atoms with E-state index in [1.807, 2.05) is 31.2 Å². The van der Waals surface area contributed by atoms with E-state index in [0.29, 0.717) is 0 Å². The van der Waals surface area contributed by atoms with E-state index in [1.54, 1.807) is 11.8 Å². The molecular weight excluding hydrogens is 332 g/mol. The van der Waals surface area contributed by atoms with Crippen LogP contribution in [0.2, 0.25) is 0 Å². The normalized spacial score (nSPS) is 15.7. The molecule has 1 saturated heterocycles. The number of morpholine rings is 1. The Balaban J connectivity index is 1.57. The molecule has 3 rings (SSSR count). The van der Waals surface area contributed by atoms with E-state index in [2.05, 4.69) is 41.4 Å². The second kappa shape index (κ2) is 8.41. The van der Waals surface area contributed by atoms with Gasteiger partial charge >= 0.3 is 0 Å². The van der Waals surface area contributed by atoms with Crippen molar-refractivity contribution < 1.29 is 9.53 Å². The number of benzene rings is 2. The second-order valence-electron chi connectivity index (χ2n) is 6.16. The number of nitrogens with one attached hydrogen (secondary N) is 1. The van der Waals surface area contributed by atoms with Gasteiger partial charge in [-0.2, -0.15) is 0 Å². The molecule has 0 aliphatic carbocycles. The van der Waals surface area contributed by atoms with Gasteiger partial charge in [0.2, 0.25) is 5.91 Å². The Hall–Kier alpha value is -1.98. The summed E-state index contributed by atoms with van der Waals surface area (Å²) < 4.78 is 5.38. The third-order valence-electron chi connectivity index (χ3n) is 4.28. The summed E-state index contributed by atoms with van der Waals surface area (Å²) in [4.78, 5) is 15.9. The molecular formula is C20H24N2O2S. The highest BCUT2D eigenvalue weighted by atomic mass is 32.2. The van der Waals surface area contributed by atoms with Crippen LogP contribution in [-0.4, -0.2) is 37.5 Å². The van der Waals surface area contributed by atoms with E-state index >= 15 is 0 Å². The number of carbonyl (C=O) groups is 1. The lowest BCUT2D eigenvalue weighted by molar-refractivity contribution is -0.115. The Morgan fingerprint density at radius 1 is 1.12 bits per heavy atom. The molecule has 0 saturated carbocycles. The van der Waals surface area contributed by atoms with Gasteiger partial charge in [-0.05, 0) is 49.7 Å². The van der Waals surface area contributed by atoms with Crippen LogP contribution in [0, 0.1) is 6.92 Å². The molecule has 1 N–H and O–H groups in total. The molecule has 1 amide bonds. The quantitative estimate of drug-likeness (QED) is 0.824. The molecule has 2 aromatic rings. The summed E-state index contributed by atoms with van der Waals surface area (Å²) >= 11 is 1.59. The molecule has 1 atom stereocenters. The first kappa shape index (κ1) is 17.8. The SMILES string of the molecule is Cc1ccccc1SC(C)C(=O)Nc1ccc(N2CCOCC2)cc1. The highest BCUT2D eigenvalue weighted by Gasteiger charge is 2.16. The van der Waals surface area contributed by atoms with Gasteiger partial charge in [0.1, 0.15) is 0 Å². The fourth-order valence-corrected chi connectivity index (χ4v) is 3.71. The lowest BCUT2D eigenvalue weighted by Crippen LogP contribution is -2.36. The van der Waals surface area contributed by atoms with Gasteiger partial charge in [-0.15, -0.1) is 11.8 Å². The number of ether oxygens (including phenoxy) is 1. The van der Waals surface area contributed by atoms with Crippen LogP contribution in [0.1, 0.15) is 12.5 Å². The van der Waals surface area contributed by atoms with Crippen molar-refractivity contribution in [2.24, 2.45) is 0 Å². The first-order chi connectivity index (χ1) is 12.1. The monoisotopic (exact) mass is 356 g/mol. The summed E-state index contributed by atoms with van der Waals surface area (Å²) in [5, 5.41) is 2.86. The minimum Gasteiger partial charge on any atom is -0.378 e. The summed E-state index contributed by atoms with van der Waals surface area (Å²) in [6, 6.07) is 16.2. The maximum atomic E-state index is 12.5. The van der Waals surface area contributed by atoms with E-state index in [4.69, 9.17) is 4.74 Å². The van der Waals surface area contributed by atoms with Crippen LogP contribution in [0.15, 0.2) is 53.4 Å². The van der Waals surface area contributed by atoms with Crippen LogP contribution in [0.3, 0.4) is 0 Å². The van der Waals surface area contributed by atoms with E-state index < -0.39 is 0 Å². The molecule has 132 valence electrons. The highest BCUT2D eigenvalue weighted by molar-refractivity contribution is 8.00. The van der Waals surface area contributed by atoms with Crippen LogP contribution >= 0.6 is 11.8 Å². The molecule has 4 nitrogen and oxygen atoms in total. The van der Waals surface area contributed by atoms with Gasteiger partial charge in [0.05, 0.1) is 18.5 Å². The van der Waals surface area contributed by atoms with E-state index in [-0.39, 0.29) is 11.2 Å². The van der Waals surface area contributed by atoms with Crippen molar-refractivity contribution in [3.05, 3.63) is 54.1 Å². The average Bonchev–Trinajstić information content (AvgIpc) is 2.65. The maximum absolute atomic E-state index is 12.5. The van der Waals surface area contributed by atoms with Crippen LogP contribution in [0.4, 0.5) is 11.4 Å². The standard InChI is InChI=1S/C20H24N2O2S/c1-15-5-3-4-6-19(15)25-16(2)20(23)21-17-7-9-18(10-8-17)22-11-13-24-14-12-22/h3-10,16H,11-14H2,1-2H3,(H,21,23). The van der Waals surface area contributed by atoms with Crippen molar-refractivity contribution >= 4 is 29.0 Å². The Morgan fingerprint density at radius 3 is 2.48 bits per heavy atom. The molecule has 0 radical (unpaired) electrons. The van der Waals surface area contributed by atoms with Crippen molar-refractivity contribution in [2.45, 2.75) is 24.0 Å². The first-order valence-electron chi connectivity index (χ1n) is 8.59. The molecule has 1 heterocycles. The van der Waals surface area contributed by atoms with Gasteiger partial charge in [-0.3, -0.25) is 4.79 Å². The molecule has 0 bridgehead atoms. The predicted octanol–water partition coefficient (Wildman–Crippen LogP) is 3.95. The third-order valence-corrected chi connectivity index (χ3v) is 5.56. The van der Waals surface area contributed by atoms with Gasteiger partial charge in [0.15, 0.2) is 0 Å². The number of thioether (sulfide) groups is 1. The van der Waals surface area contributed by atoms with Crippen molar-refractivity contribution in [3.8, 4) is 0 Å². The topological polar surface area (TPSA) is 41.6 Å².